The third-order valence-electron chi connectivity index (χ3n) is 4.89. The van der Waals surface area contributed by atoms with Gasteiger partial charge in [-0.25, -0.2) is 4.90 Å². The van der Waals surface area contributed by atoms with E-state index < -0.39 is 0 Å². The number of rotatable bonds is 3. The van der Waals surface area contributed by atoms with Gasteiger partial charge in [0.1, 0.15) is 0 Å². The number of esters is 1. The summed E-state index contributed by atoms with van der Waals surface area (Å²) in [5.41, 5.74) is 0.636. The van der Waals surface area contributed by atoms with Crippen molar-refractivity contribution in [2.75, 3.05) is 25.1 Å². The molecule has 0 spiro atoms. The van der Waals surface area contributed by atoms with Crippen LogP contribution in [0.3, 0.4) is 0 Å². The molecule has 6 nitrogen and oxygen atoms in total. The molecule has 2 saturated heterocycles. The molecule has 7 heteroatoms. The van der Waals surface area contributed by atoms with Crippen LogP contribution in [0.2, 0.25) is 0 Å². The van der Waals surface area contributed by atoms with Crippen LogP contribution in [0.25, 0.3) is 0 Å². The number of hydrogen-bond acceptors (Lipinski definition) is 4. The number of ether oxygens (including phenoxy) is 1. The minimum Gasteiger partial charge on any atom is -0.469 e. The number of halogens is 1. The average Bonchev–Trinajstić information content (AvgIpc) is 2.90. The van der Waals surface area contributed by atoms with E-state index in [0.29, 0.717) is 31.6 Å². The van der Waals surface area contributed by atoms with Crippen molar-refractivity contribution in [1.82, 2.24) is 0 Å². The zero-order chi connectivity index (χ0) is 17.3. The first-order chi connectivity index (χ1) is 11.5. The van der Waals surface area contributed by atoms with Crippen molar-refractivity contribution < 1.29 is 24.0 Å². The van der Waals surface area contributed by atoms with Crippen molar-refractivity contribution in [3.05, 3.63) is 27.8 Å². The van der Waals surface area contributed by atoms with Crippen LogP contribution >= 0.6 is 22.6 Å². The molecule has 2 amide bonds. The van der Waals surface area contributed by atoms with Crippen molar-refractivity contribution in [2.24, 2.45) is 5.92 Å². The van der Waals surface area contributed by atoms with Gasteiger partial charge < -0.3 is 9.64 Å². The number of carbonyl (C=O) groups is 3. The number of nitrogens with zero attached hydrogens (tertiary/aromatic N) is 1. The molecule has 0 aliphatic carbocycles. The Bertz CT molecular complexity index is 653. The van der Waals surface area contributed by atoms with Gasteiger partial charge in [0.25, 0.3) is 5.91 Å². The Kier molecular flexibility index (Phi) is 5.19. The quantitative estimate of drug-likeness (QED) is 0.417. The van der Waals surface area contributed by atoms with Crippen LogP contribution in [-0.2, 0) is 19.1 Å². The number of benzene rings is 1. The second-order valence-corrected chi connectivity index (χ2v) is 7.50. The Morgan fingerprint density at radius 2 is 1.83 bits per heavy atom. The molecule has 3 rings (SSSR count). The molecule has 1 aromatic carbocycles. The van der Waals surface area contributed by atoms with Crippen molar-refractivity contribution >= 4 is 46.1 Å². The molecule has 0 saturated carbocycles. The molecule has 0 aromatic heterocycles. The molecule has 2 heterocycles. The fourth-order valence-electron chi connectivity index (χ4n) is 3.55. The number of amides is 2. The van der Waals surface area contributed by atoms with Crippen LogP contribution in [0, 0.1) is 9.49 Å². The number of carbonyl (C=O) groups excluding carboxylic acids is 3. The van der Waals surface area contributed by atoms with Gasteiger partial charge in [0.15, 0.2) is 6.04 Å². The van der Waals surface area contributed by atoms with E-state index in [9.17, 15) is 14.4 Å². The van der Waals surface area contributed by atoms with E-state index in [1.54, 1.807) is 12.1 Å². The van der Waals surface area contributed by atoms with Crippen molar-refractivity contribution in [3.8, 4) is 0 Å². The fraction of sp³-hybridized carbons (Fsp3) is 0.471. The summed E-state index contributed by atoms with van der Waals surface area (Å²) in [6, 6.07) is 7.05. The van der Waals surface area contributed by atoms with Crippen LogP contribution in [-0.4, -0.2) is 44.0 Å². The predicted octanol–water partition coefficient (Wildman–Crippen LogP) is 0.391. The monoisotopic (exact) mass is 443 g/mol. The lowest BCUT2D eigenvalue weighted by Crippen LogP contribution is -3.17. The largest absolute Gasteiger partial charge is 0.469 e. The highest BCUT2D eigenvalue weighted by Crippen LogP contribution is 2.23. The molecule has 2 fully saturated rings. The second kappa shape index (κ2) is 7.18. The molecular weight excluding hydrogens is 423 g/mol. The molecule has 1 aromatic rings. The van der Waals surface area contributed by atoms with Gasteiger partial charge in [-0.1, -0.05) is 0 Å². The molecule has 0 bridgehead atoms. The maximum Gasteiger partial charge on any atom is 0.309 e. The van der Waals surface area contributed by atoms with Gasteiger partial charge in [-0.15, -0.1) is 0 Å². The Labute approximate surface area is 154 Å². The summed E-state index contributed by atoms with van der Waals surface area (Å²) in [6.07, 6.45) is 1.63. The van der Waals surface area contributed by atoms with Crippen molar-refractivity contribution in [2.45, 2.75) is 25.3 Å². The van der Waals surface area contributed by atoms with E-state index in [1.165, 1.54) is 12.0 Å². The first-order valence-electron chi connectivity index (χ1n) is 8.06. The average molecular weight is 443 g/mol. The lowest BCUT2D eigenvalue weighted by Gasteiger charge is -2.30. The third kappa shape index (κ3) is 3.32. The standard InChI is InChI=1S/C17H19IN2O4/c1-24-17(23)11-6-8-19(9-7-11)14-10-15(21)20(16(14)22)13-4-2-12(18)3-5-13/h2-5,11,14H,6-10H2,1H3/p+1/t14-/m1/s1. The lowest BCUT2D eigenvalue weighted by molar-refractivity contribution is -0.920. The van der Waals surface area contributed by atoms with E-state index >= 15 is 0 Å². The van der Waals surface area contributed by atoms with Crippen molar-refractivity contribution in [3.63, 3.8) is 0 Å². The second-order valence-electron chi connectivity index (χ2n) is 6.26. The van der Waals surface area contributed by atoms with Gasteiger partial charge >= 0.3 is 5.97 Å². The fourth-order valence-corrected chi connectivity index (χ4v) is 3.91. The van der Waals surface area contributed by atoms with Crippen LogP contribution in [0.4, 0.5) is 5.69 Å². The zero-order valence-electron chi connectivity index (χ0n) is 13.5. The van der Waals surface area contributed by atoms with Crippen molar-refractivity contribution in [1.29, 1.82) is 0 Å². The maximum absolute atomic E-state index is 12.8. The summed E-state index contributed by atoms with van der Waals surface area (Å²) in [5.74, 6) is -0.539. The molecule has 1 N–H and O–H groups in total. The molecule has 128 valence electrons. The van der Waals surface area contributed by atoms with E-state index in [1.807, 2.05) is 12.1 Å². The summed E-state index contributed by atoms with van der Waals surface area (Å²) < 4.78 is 5.85. The topological polar surface area (TPSA) is 68.1 Å². The third-order valence-corrected chi connectivity index (χ3v) is 5.61. The number of hydrogen-bond donors (Lipinski definition) is 1. The van der Waals surface area contributed by atoms with Gasteiger partial charge in [-0.2, -0.15) is 0 Å². The molecule has 1 atom stereocenters. The minimum absolute atomic E-state index is 0.0849. The highest BCUT2D eigenvalue weighted by Gasteiger charge is 2.47. The van der Waals surface area contributed by atoms with Gasteiger partial charge in [-0.05, 0) is 46.9 Å². The highest BCUT2D eigenvalue weighted by molar-refractivity contribution is 14.1. The van der Waals surface area contributed by atoms with Gasteiger partial charge in [0.2, 0.25) is 5.91 Å². The Balaban J connectivity index is 1.68. The maximum atomic E-state index is 12.8. The van der Waals surface area contributed by atoms with E-state index in [-0.39, 0.29) is 36.2 Å². The Morgan fingerprint density at radius 3 is 2.42 bits per heavy atom. The zero-order valence-corrected chi connectivity index (χ0v) is 15.6. The van der Waals surface area contributed by atoms with Gasteiger partial charge in [0, 0.05) is 16.4 Å². The number of quaternary nitrogens is 1. The number of piperidine rings is 1. The number of imide groups is 1. The summed E-state index contributed by atoms with van der Waals surface area (Å²) in [7, 11) is 1.40. The van der Waals surface area contributed by atoms with E-state index in [0.717, 1.165) is 8.47 Å². The molecule has 2 aliphatic heterocycles. The summed E-state index contributed by atoms with van der Waals surface area (Å²) >= 11 is 2.19. The predicted molar refractivity (Wildman–Crippen MR) is 95.5 cm³/mol. The van der Waals surface area contributed by atoms with Crippen LogP contribution in [0.15, 0.2) is 24.3 Å². The molecule has 0 radical (unpaired) electrons. The lowest BCUT2D eigenvalue weighted by atomic mass is 9.95. The van der Waals surface area contributed by atoms with Crippen LogP contribution in [0.5, 0.6) is 0 Å². The number of anilines is 1. The van der Waals surface area contributed by atoms with E-state index in [4.69, 9.17) is 4.74 Å². The van der Waals surface area contributed by atoms with Gasteiger partial charge in [-0.3, -0.25) is 14.4 Å². The first kappa shape index (κ1) is 17.3. The highest BCUT2D eigenvalue weighted by atomic mass is 127. The Hall–Kier alpha value is -1.48. The Morgan fingerprint density at radius 1 is 1.21 bits per heavy atom. The van der Waals surface area contributed by atoms with E-state index in [2.05, 4.69) is 22.6 Å². The molecule has 0 unspecified atom stereocenters. The minimum atomic E-state index is -0.338. The first-order valence-corrected chi connectivity index (χ1v) is 9.14. The van der Waals surface area contributed by atoms with Gasteiger partial charge in [0.05, 0.1) is 38.2 Å². The smallest absolute Gasteiger partial charge is 0.309 e. The SMILES string of the molecule is COC(=O)C1CC[NH+]([C@@H]2CC(=O)N(c3ccc(I)cc3)C2=O)CC1. The number of likely N-dealkylation sites (tertiary alicyclic amines) is 1. The summed E-state index contributed by atoms with van der Waals surface area (Å²) in [5, 5.41) is 0. The molecular formula is C17H20IN2O4+. The molecule has 2 aliphatic rings. The summed E-state index contributed by atoms with van der Waals surface area (Å²) in [4.78, 5) is 39.1. The number of methoxy groups -OCH3 is 1. The van der Waals surface area contributed by atoms with Crippen LogP contribution < -0.4 is 9.80 Å². The van der Waals surface area contributed by atoms with Crippen LogP contribution in [0.1, 0.15) is 19.3 Å². The number of nitrogens with one attached hydrogen (secondary N) is 1. The molecule has 24 heavy (non-hydrogen) atoms. The normalized spacial score (nSPS) is 27.4. The summed E-state index contributed by atoms with van der Waals surface area (Å²) in [6.45, 7) is 1.42.